The first-order valence-corrected chi connectivity index (χ1v) is 6.91. The number of guanidine groups is 1. The van der Waals surface area contributed by atoms with Crippen LogP contribution in [0, 0.1) is 11.8 Å². The van der Waals surface area contributed by atoms with E-state index in [1.165, 1.54) is 0 Å². The first-order chi connectivity index (χ1) is 8.66. The fraction of sp³-hybridized carbons (Fsp3) is 0.923. The van der Waals surface area contributed by atoms with E-state index in [9.17, 15) is 0 Å². The molecule has 0 spiro atoms. The quantitative estimate of drug-likeness (QED) is 0.444. The third-order valence-corrected chi connectivity index (χ3v) is 3.87. The first-order valence-electron chi connectivity index (χ1n) is 6.91. The molecular formula is C13H26IN3O2. The summed E-state index contributed by atoms with van der Waals surface area (Å²) in [6.45, 7) is 9.27. The van der Waals surface area contributed by atoms with E-state index in [4.69, 9.17) is 15.2 Å². The minimum absolute atomic E-state index is 0. The van der Waals surface area contributed by atoms with Crippen LogP contribution in [0.25, 0.3) is 0 Å². The molecule has 0 aromatic rings. The van der Waals surface area contributed by atoms with Crippen LogP contribution in [0.4, 0.5) is 0 Å². The van der Waals surface area contributed by atoms with Gasteiger partial charge >= 0.3 is 0 Å². The number of nitrogens with two attached hydrogens (primary N) is 1. The maximum absolute atomic E-state index is 6.06. The van der Waals surface area contributed by atoms with Gasteiger partial charge in [-0.2, -0.15) is 0 Å². The summed E-state index contributed by atoms with van der Waals surface area (Å²) in [6, 6.07) is 0. The summed E-state index contributed by atoms with van der Waals surface area (Å²) < 4.78 is 10.9. The number of rotatable bonds is 2. The summed E-state index contributed by atoms with van der Waals surface area (Å²) >= 11 is 0. The van der Waals surface area contributed by atoms with Crippen molar-refractivity contribution in [2.24, 2.45) is 22.6 Å². The molecular weight excluding hydrogens is 357 g/mol. The molecule has 0 aromatic carbocycles. The number of aliphatic imine (C=N–C) groups is 1. The summed E-state index contributed by atoms with van der Waals surface area (Å²) in [5.74, 6) is 1.86. The Balaban J connectivity index is 0.00000180. The van der Waals surface area contributed by atoms with Crippen LogP contribution in [0.15, 0.2) is 4.99 Å². The van der Waals surface area contributed by atoms with Gasteiger partial charge in [-0.3, -0.25) is 4.99 Å². The lowest BCUT2D eigenvalue weighted by Crippen LogP contribution is -2.48. The molecule has 0 radical (unpaired) electrons. The van der Waals surface area contributed by atoms with Crippen LogP contribution in [-0.4, -0.2) is 56.4 Å². The molecule has 2 heterocycles. The topological polar surface area (TPSA) is 60.1 Å². The van der Waals surface area contributed by atoms with Gasteiger partial charge in [-0.25, -0.2) is 0 Å². The van der Waals surface area contributed by atoms with Crippen LogP contribution in [0.3, 0.4) is 0 Å². The highest BCUT2D eigenvalue weighted by atomic mass is 127. The average Bonchev–Trinajstić information content (AvgIpc) is 2.37. The minimum Gasteiger partial charge on any atom is -0.381 e. The third kappa shape index (κ3) is 5.07. The van der Waals surface area contributed by atoms with Crippen molar-refractivity contribution in [2.45, 2.75) is 26.4 Å². The molecule has 2 saturated heterocycles. The lowest BCUT2D eigenvalue weighted by atomic mass is 9.90. The van der Waals surface area contributed by atoms with Crippen molar-refractivity contribution in [2.75, 3.05) is 39.5 Å². The Bertz CT molecular complexity index is 302. The van der Waals surface area contributed by atoms with Crippen molar-refractivity contribution in [3.8, 4) is 0 Å². The molecule has 2 aliphatic rings. The predicted molar refractivity (Wildman–Crippen MR) is 87.0 cm³/mol. The molecule has 19 heavy (non-hydrogen) atoms. The van der Waals surface area contributed by atoms with Crippen molar-refractivity contribution in [1.29, 1.82) is 0 Å². The summed E-state index contributed by atoms with van der Waals surface area (Å²) in [5, 5.41) is 0. The molecule has 0 aromatic heterocycles. The van der Waals surface area contributed by atoms with Gasteiger partial charge in [-0.05, 0) is 25.2 Å². The van der Waals surface area contributed by atoms with Crippen LogP contribution in [-0.2, 0) is 9.47 Å². The molecule has 2 rings (SSSR count). The van der Waals surface area contributed by atoms with Crippen LogP contribution in [0.2, 0.25) is 0 Å². The molecule has 112 valence electrons. The van der Waals surface area contributed by atoms with Crippen molar-refractivity contribution in [3.63, 3.8) is 0 Å². The SMILES string of the molecule is CC1CN(C(N)=NCC2CCOCC2C)CCO1.I. The Morgan fingerprint density at radius 1 is 1.37 bits per heavy atom. The van der Waals surface area contributed by atoms with E-state index in [-0.39, 0.29) is 30.1 Å². The molecule has 0 amide bonds. The molecule has 2 fully saturated rings. The Labute approximate surface area is 132 Å². The summed E-state index contributed by atoms with van der Waals surface area (Å²) in [4.78, 5) is 6.69. The van der Waals surface area contributed by atoms with Crippen molar-refractivity contribution >= 4 is 29.9 Å². The summed E-state index contributed by atoms with van der Waals surface area (Å²) in [6.07, 6.45) is 1.34. The molecule has 0 bridgehead atoms. The van der Waals surface area contributed by atoms with E-state index in [1.54, 1.807) is 0 Å². The third-order valence-electron chi connectivity index (χ3n) is 3.87. The molecule has 0 saturated carbocycles. The standard InChI is InChI=1S/C13H25N3O2.HI/c1-10-9-17-5-3-12(10)7-15-13(14)16-4-6-18-11(2)8-16;/h10-12H,3-9H2,1-2H3,(H2,14,15);1H. The van der Waals surface area contributed by atoms with Crippen LogP contribution in [0.5, 0.6) is 0 Å². The van der Waals surface area contributed by atoms with E-state index in [2.05, 4.69) is 23.7 Å². The largest absolute Gasteiger partial charge is 0.381 e. The van der Waals surface area contributed by atoms with Gasteiger partial charge in [0.1, 0.15) is 0 Å². The van der Waals surface area contributed by atoms with Crippen LogP contribution < -0.4 is 5.73 Å². The molecule has 2 N–H and O–H groups in total. The van der Waals surface area contributed by atoms with E-state index >= 15 is 0 Å². The van der Waals surface area contributed by atoms with Gasteiger partial charge < -0.3 is 20.1 Å². The highest BCUT2D eigenvalue weighted by molar-refractivity contribution is 14.0. The van der Waals surface area contributed by atoms with Crippen molar-refractivity contribution in [3.05, 3.63) is 0 Å². The van der Waals surface area contributed by atoms with Gasteiger partial charge in [0.2, 0.25) is 0 Å². The van der Waals surface area contributed by atoms with E-state index in [0.29, 0.717) is 17.8 Å². The highest BCUT2D eigenvalue weighted by Gasteiger charge is 2.22. The van der Waals surface area contributed by atoms with Gasteiger partial charge in [-0.1, -0.05) is 6.92 Å². The van der Waals surface area contributed by atoms with E-state index in [1.807, 2.05) is 0 Å². The van der Waals surface area contributed by atoms with Crippen LogP contribution in [0.1, 0.15) is 20.3 Å². The fourth-order valence-corrected chi connectivity index (χ4v) is 2.53. The number of morpholine rings is 1. The number of ether oxygens (including phenoxy) is 2. The lowest BCUT2D eigenvalue weighted by Gasteiger charge is -2.32. The number of nitrogens with zero attached hydrogens (tertiary/aromatic N) is 2. The zero-order valence-electron chi connectivity index (χ0n) is 11.9. The summed E-state index contributed by atoms with van der Waals surface area (Å²) in [5.41, 5.74) is 6.06. The van der Waals surface area contributed by atoms with Crippen molar-refractivity contribution < 1.29 is 9.47 Å². The normalized spacial score (nSPS) is 32.8. The zero-order chi connectivity index (χ0) is 13.0. The lowest BCUT2D eigenvalue weighted by molar-refractivity contribution is 0.00499. The molecule has 5 nitrogen and oxygen atoms in total. The molecule has 2 aliphatic heterocycles. The fourth-order valence-electron chi connectivity index (χ4n) is 2.53. The summed E-state index contributed by atoms with van der Waals surface area (Å²) in [7, 11) is 0. The average molecular weight is 383 g/mol. The maximum Gasteiger partial charge on any atom is 0.191 e. The Hall–Kier alpha value is -0.0800. The van der Waals surface area contributed by atoms with Crippen LogP contribution >= 0.6 is 24.0 Å². The molecule has 6 heteroatoms. The smallest absolute Gasteiger partial charge is 0.191 e. The monoisotopic (exact) mass is 383 g/mol. The second kappa shape index (κ2) is 8.26. The maximum atomic E-state index is 6.06. The molecule has 0 aliphatic carbocycles. The van der Waals surface area contributed by atoms with E-state index in [0.717, 1.165) is 45.9 Å². The predicted octanol–water partition coefficient (Wildman–Crippen LogP) is 1.31. The Morgan fingerprint density at radius 2 is 2.16 bits per heavy atom. The minimum atomic E-state index is 0. The zero-order valence-corrected chi connectivity index (χ0v) is 14.2. The van der Waals surface area contributed by atoms with Gasteiger partial charge in [0, 0.05) is 32.8 Å². The highest BCUT2D eigenvalue weighted by Crippen LogP contribution is 2.21. The van der Waals surface area contributed by atoms with Gasteiger partial charge in [0.15, 0.2) is 5.96 Å². The Kier molecular flexibility index (Phi) is 7.38. The van der Waals surface area contributed by atoms with Gasteiger partial charge in [0.25, 0.3) is 0 Å². The van der Waals surface area contributed by atoms with E-state index < -0.39 is 0 Å². The number of hydrogen-bond acceptors (Lipinski definition) is 3. The van der Waals surface area contributed by atoms with Crippen molar-refractivity contribution in [1.82, 2.24) is 4.90 Å². The number of halogens is 1. The van der Waals surface area contributed by atoms with Gasteiger partial charge in [-0.15, -0.1) is 24.0 Å². The van der Waals surface area contributed by atoms with Gasteiger partial charge in [0.05, 0.1) is 12.7 Å². The second-order valence-corrected chi connectivity index (χ2v) is 5.43. The molecule has 3 atom stereocenters. The number of hydrogen-bond donors (Lipinski definition) is 1. The first kappa shape index (κ1) is 17.0. The second-order valence-electron chi connectivity index (χ2n) is 5.43. The Morgan fingerprint density at radius 3 is 2.84 bits per heavy atom. The molecule has 3 unspecified atom stereocenters.